The zero-order chi connectivity index (χ0) is 14.1. The normalized spacial score (nSPS) is 9.95. The van der Waals surface area contributed by atoms with Crippen molar-refractivity contribution in [2.75, 3.05) is 24.7 Å². The van der Waals surface area contributed by atoms with Crippen molar-refractivity contribution >= 4 is 23.6 Å². The van der Waals surface area contributed by atoms with Crippen molar-refractivity contribution in [3.05, 3.63) is 29.8 Å². The van der Waals surface area contributed by atoms with Crippen molar-refractivity contribution in [3.8, 4) is 5.75 Å². The van der Waals surface area contributed by atoms with E-state index in [2.05, 4.69) is 5.32 Å². The Morgan fingerprint density at radius 3 is 2.63 bits per heavy atom. The third-order valence-corrected chi connectivity index (χ3v) is 3.13. The van der Waals surface area contributed by atoms with Gasteiger partial charge >= 0.3 is 5.97 Å². The van der Waals surface area contributed by atoms with Gasteiger partial charge in [0, 0.05) is 12.3 Å². The van der Waals surface area contributed by atoms with Gasteiger partial charge in [-0.15, -0.1) is 11.8 Å². The highest BCUT2D eigenvalue weighted by Crippen LogP contribution is 2.10. The number of rotatable bonds is 8. The van der Waals surface area contributed by atoms with E-state index in [-0.39, 0.29) is 18.3 Å². The Morgan fingerprint density at radius 1 is 1.32 bits per heavy atom. The number of aryl methyl sites for hydroxylation is 1. The molecular formula is C13H17NO4S. The summed E-state index contributed by atoms with van der Waals surface area (Å²) in [7, 11) is 0. The quantitative estimate of drug-likeness (QED) is 0.704. The maximum absolute atomic E-state index is 11.4. The van der Waals surface area contributed by atoms with Gasteiger partial charge in [0.25, 0.3) is 5.91 Å². The lowest BCUT2D eigenvalue weighted by molar-refractivity contribution is -0.133. The van der Waals surface area contributed by atoms with Gasteiger partial charge in [0.15, 0.2) is 6.61 Å². The van der Waals surface area contributed by atoms with Gasteiger partial charge in [-0.3, -0.25) is 9.59 Å². The molecule has 0 aromatic heterocycles. The van der Waals surface area contributed by atoms with Crippen molar-refractivity contribution in [2.45, 2.75) is 6.92 Å². The molecule has 2 N–H and O–H groups in total. The fraction of sp³-hybridized carbons (Fsp3) is 0.385. The van der Waals surface area contributed by atoms with Crippen molar-refractivity contribution in [1.29, 1.82) is 0 Å². The first-order valence-electron chi connectivity index (χ1n) is 5.83. The smallest absolute Gasteiger partial charge is 0.313 e. The first-order chi connectivity index (χ1) is 9.08. The molecule has 0 radical (unpaired) electrons. The van der Waals surface area contributed by atoms with Crippen molar-refractivity contribution in [2.24, 2.45) is 0 Å². The SMILES string of the molecule is Cc1ccc(OCC(=O)NCCSCC(=O)O)cc1. The van der Waals surface area contributed by atoms with E-state index in [9.17, 15) is 9.59 Å². The molecule has 0 atom stereocenters. The Kier molecular flexibility index (Phi) is 6.81. The van der Waals surface area contributed by atoms with Gasteiger partial charge in [-0.1, -0.05) is 17.7 Å². The van der Waals surface area contributed by atoms with Crippen molar-refractivity contribution in [3.63, 3.8) is 0 Å². The van der Waals surface area contributed by atoms with Gasteiger partial charge in [-0.25, -0.2) is 0 Å². The molecule has 104 valence electrons. The lowest BCUT2D eigenvalue weighted by Gasteiger charge is -2.07. The molecule has 0 aliphatic carbocycles. The summed E-state index contributed by atoms with van der Waals surface area (Å²) < 4.78 is 5.31. The molecule has 0 fully saturated rings. The Hall–Kier alpha value is -1.69. The van der Waals surface area contributed by atoms with Gasteiger partial charge in [0.2, 0.25) is 0 Å². The number of carboxylic acid groups (broad SMARTS) is 1. The zero-order valence-corrected chi connectivity index (χ0v) is 11.5. The molecule has 0 saturated carbocycles. The second-order valence-electron chi connectivity index (χ2n) is 3.90. The van der Waals surface area contributed by atoms with Crippen LogP contribution in [-0.4, -0.2) is 41.6 Å². The number of nitrogens with one attached hydrogen (secondary N) is 1. The third kappa shape index (κ3) is 7.35. The third-order valence-electron chi connectivity index (χ3n) is 2.19. The number of ether oxygens (including phenoxy) is 1. The first-order valence-corrected chi connectivity index (χ1v) is 6.99. The Morgan fingerprint density at radius 2 is 2.00 bits per heavy atom. The second-order valence-corrected chi connectivity index (χ2v) is 5.00. The number of amides is 1. The van der Waals surface area contributed by atoms with E-state index in [0.29, 0.717) is 18.0 Å². The number of carbonyl (C=O) groups excluding carboxylic acids is 1. The van der Waals surface area contributed by atoms with E-state index in [0.717, 1.165) is 5.56 Å². The molecule has 6 heteroatoms. The predicted molar refractivity (Wildman–Crippen MR) is 74.6 cm³/mol. The summed E-state index contributed by atoms with van der Waals surface area (Å²) in [5.74, 6) is 0.217. The van der Waals surface area contributed by atoms with Gasteiger partial charge in [-0.2, -0.15) is 0 Å². The van der Waals surface area contributed by atoms with Crippen molar-refractivity contribution < 1.29 is 19.4 Å². The number of hydrogen-bond donors (Lipinski definition) is 2. The molecule has 1 aromatic carbocycles. The Bertz CT molecular complexity index is 419. The van der Waals surface area contributed by atoms with E-state index < -0.39 is 5.97 Å². The Balaban J connectivity index is 2.11. The molecule has 0 aliphatic rings. The Labute approximate surface area is 116 Å². The van der Waals surface area contributed by atoms with Crippen LogP contribution in [-0.2, 0) is 9.59 Å². The number of benzene rings is 1. The summed E-state index contributed by atoms with van der Waals surface area (Å²) in [5.41, 5.74) is 1.13. The summed E-state index contributed by atoms with van der Waals surface area (Å²) in [6.45, 7) is 2.38. The summed E-state index contributed by atoms with van der Waals surface area (Å²) in [5, 5.41) is 11.1. The molecule has 0 heterocycles. The predicted octanol–water partition coefficient (Wildman–Crippen LogP) is 1.31. The monoisotopic (exact) mass is 283 g/mol. The molecule has 0 saturated heterocycles. The molecular weight excluding hydrogens is 266 g/mol. The van der Waals surface area contributed by atoms with Crippen LogP contribution in [0.2, 0.25) is 0 Å². The molecule has 5 nitrogen and oxygen atoms in total. The van der Waals surface area contributed by atoms with E-state index in [1.54, 1.807) is 0 Å². The highest BCUT2D eigenvalue weighted by Gasteiger charge is 2.02. The maximum atomic E-state index is 11.4. The van der Waals surface area contributed by atoms with Gasteiger partial charge in [-0.05, 0) is 19.1 Å². The summed E-state index contributed by atoms with van der Waals surface area (Å²) >= 11 is 1.26. The van der Waals surface area contributed by atoms with Gasteiger partial charge < -0.3 is 15.2 Å². The summed E-state index contributed by atoms with van der Waals surface area (Å²) in [6, 6.07) is 7.45. The number of thioether (sulfide) groups is 1. The zero-order valence-electron chi connectivity index (χ0n) is 10.7. The molecule has 1 aromatic rings. The van der Waals surface area contributed by atoms with Crippen LogP contribution in [0.1, 0.15) is 5.56 Å². The van der Waals surface area contributed by atoms with Gasteiger partial charge in [0.05, 0.1) is 5.75 Å². The maximum Gasteiger partial charge on any atom is 0.313 e. The molecule has 0 bridgehead atoms. The van der Waals surface area contributed by atoms with Crippen LogP contribution < -0.4 is 10.1 Å². The number of carbonyl (C=O) groups is 2. The lowest BCUT2D eigenvalue weighted by Crippen LogP contribution is -2.30. The highest BCUT2D eigenvalue weighted by atomic mass is 32.2. The molecule has 19 heavy (non-hydrogen) atoms. The fourth-order valence-electron chi connectivity index (χ4n) is 1.26. The van der Waals surface area contributed by atoms with Crippen LogP contribution in [0.15, 0.2) is 24.3 Å². The lowest BCUT2D eigenvalue weighted by atomic mass is 10.2. The standard InChI is InChI=1S/C13H17NO4S/c1-10-2-4-11(5-3-10)18-8-12(15)14-6-7-19-9-13(16)17/h2-5H,6-9H2,1H3,(H,14,15)(H,16,17). The number of hydrogen-bond acceptors (Lipinski definition) is 4. The number of aliphatic carboxylic acids is 1. The van der Waals surface area contributed by atoms with Crippen LogP contribution in [0.25, 0.3) is 0 Å². The van der Waals surface area contributed by atoms with E-state index in [1.807, 2.05) is 31.2 Å². The average molecular weight is 283 g/mol. The molecule has 1 amide bonds. The van der Waals surface area contributed by atoms with Crippen LogP contribution >= 0.6 is 11.8 Å². The minimum absolute atomic E-state index is 0.0351. The first kappa shape index (κ1) is 15.4. The van der Waals surface area contributed by atoms with Crippen LogP contribution in [0.4, 0.5) is 0 Å². The van der Waals surface area contributed by atoms with E-state index >= 15 is 0 Å². The summed E-state index contributed by atoms with van der Waals surface area (Å²) in [4.78, 5) is 21.7. The van der Waals surface area contributed by atoms with Crippen LogP contribution in [0, 0.1) is 6.92 Å². The van der Waals surface area contributed by atoms with Crippen molar-refractivity contribution in [1.82, 2.24) is 5.32 Å². The second kappa shape index (κ2) is 8.42. The van der Waals surface area contributed by atoms with E-state index in [4.69, 9.17) is 9.84 Å². The molecule has 0 aliphatic heterocycles. The fourth-order valence-corrected chi connectivity index (χ4v) is 1.82. The highest BCUT2D eigenvalue weighted by molar-refractivity contribution is 7.99. The average Bonchev–Trinajstić information content (AvgIpc) is 2.37. The van der Waals surface area contributed by atoms with Crippen LogP contribution in [0.3, 0.4) is 0 Å². The minimum atomic E-state index is -0.848. The summed E-state index contributed by atoms with van der Waals surface area (Å²) in [6.07, 6.45) is 0. The minimum Gasteiger partial charge on any atom is -0.484 e. The molecule has 0 unspecified atom stereocenters. The largest absolute Gasteiger partial charge is 0.484 e. The topological polar surface area (TPSA) is 75.6 Å². The molecule has 0 spiro atoms. The number of carboxylic acids is 1. The molecule has 1 rings (SSSR count). The van der Waals surface area contributed by atoms with Gasteiger partial charge in [0.1, 0.15) is 5.75 Å². The van der Waals surface area contributed by atoms with E-state index in [1.165, 1.54) is 11.8 Å². The van der Waals surface area contributed by atoms with Crippen LogP contribution in [0.5, 0.6) is 5.75 Å².